The molecule has 0 atom stereocenters. The van der Waals surface area contributed by atoms with E-state index in [0.29, 0.717) is 18.8 Å². The Labute approximate surface area is 117 Å². The van der Waals surface area contributed by atoms with Crippen LogP contribution in [0.1, 0.15) is 18.3 Å². The Hall–Kier alpha value is -1.77. The van der Waals surface area contributed by atoms with Crippen LogP contribution in [0.4, 0.5) is 0 Å². The van der Waals surface area contributed by atoms with Crippen LogP contribution in [0.2, 0.25) is 0 Å². The fourth-order valence-corrected chi connectivity index (χ4v) is 2.88. The van der Waals surface area contributed by atoms with Crippen LogP contribution in [-0.2, 0) is 29.7 Å². The van der Waals surface area contributed by atoms with Gasteiger partial charge in [0.1, 0.15) is 6.33 Å². The third-order valence-corrected chi connectivity index (χ3v) is 4.28. The van der Waals surface area contributed by atoms with Crippen LogP contribution in [0.15, 0.2) is 35.7 Å². The molecule has 0 aromatic carbocycles. The number of aromatic nitrogens is 3. The van der Waals surface area contributed by atoms with Crippen molar-refractivity contribution in [3.8, 4) is 0 Å². The molecule has 8 heteroatoms. The molecule has 0 bridgehead atoms. The van der Waals surface area contributed by atoms with Gasteiger partial charge in [0.05, 0.1) is 17.1 Å². The summed E-state index contributed by atoms with van der Waals surface area (Å²) in [6.07, 6.45) is 4.53. The highest BCUT2D eigenvalue weighted by molar-refractivity contribution is 7.89. The van der Waals surface area contributed by atoms with Crippen molar-refractivity contribution >= 4 is 10.0 Å². The van der Waals surface area contributed by atoms with Gasteiger partial charge in [0.15, 0.2) is 0 Å². The maximum Gasteiger partial charge on any atom is 0.242 e. The monoisotopic (exact) mass is 295 g/mol. The van der Waals surface area contributed by atoms with Crippen LogP contribution >= 0.6 is 0 Å². The highest BCUT2D eigenvalue weighted by Crippen LogP contribution is 2.14. The number of nitrogens with zero attached hydrogens (tertiary/aromatic N) is 3. The second-order valence-electron chi connectivity index (χ2n) is 4.18. The molecule has 0 unspecified atom stereocenters. The quantitative estimate of drug-likeness (QED) is 0.794. The maximum atomic E-state index is 12.2. The lowest BCUT2D eigenvalue weighted by Crippen LogP contribution is -2.23. The SMILES string of the molecule is CCn1cc(S(=O)(=O)NCc2ccncn2)cc1CN. The van der Waals surface area contributed by atoms with Crippen LogP contribution in [0.5, 0.6) is 0 Å². The highest BCUT2D eigenvalue weighted by Gasteiger charge is 2.17. The minimum Gasteiger partial charge on any atom is -0.349 e. The molecule has 0 amide bonds. The van der Waals surface area contributed by atoms with Crippen molar-refractivity contribution < 1.29 is 8.42 Å². The van der Waals surface area contributed by atoms with Gasteiger partial charge in [-0.1, -0.05) is 0 Å². The minimum absolute atomic E-state index is 0.125. The number of rotatable bonds is 6. The number of aryl methyl sites for hydroxylation is 1. The molecule has 0 aliphatic carbocycles. The van der Waals surface area contributed by atoms with Crippen LogP contribution in [0, 0.1) is 0 Å². The summed E-state index contributed by atoms with van der Waals surface area (Å²) in [6.45, 7) is 3.03. The van der Waals surface area contributed by atoms with Crippen molar-refractivity contribution in [2.24, 2.45) is 5.73 Å². The largest absolute Gasteiger partial charge is 0.349 e. The van der Waals surface area contributed by atoms with Gasteiger partial charge in [-0.2, -0.15) is 0 Å². The Morgan fingerprint density at radius 1 is 1.45 bits per heavy atom. The zero-order valence-electron chi connectivity index (χ0n) is 11.2. The van der Waals surface area contributed by atoms with E-state index in [0.717, 1.165) is 5.69 Å². The van der Waals surface area contributed by atoms with Crippen molar-refractivity contribution in [3.63, 3.8) is 0 Å². The summed E-state index contributed by atoms with van der Waals surface area (Å²) < 4.78 is 28.7. The van der Waals surface area contributed by atoms with Gasteiger partial charge in [-0.25, -0.2) is 23.1 Å². The number of hydrogen-bond acceptors (Lipinski definition) is 5. The third-order valence-electron chi connectivity index (χ3n) is 2.91. The Bertz CT molecular complexity index is 645. The van der Waals surface area contributed by atoms with Gasteiger partial charge in [0.25, 0.3) is 0 Å². The molecule has 2 aromatic rings. The molecule has 0 aliphatic rings. The fraction of sp³-hybridized carbons (Fsp3) is 0.333. The van der Waals surface area contributed by atoms with Crippen molar-refractivity contribution in [2.45, 2.75) is 31.5 Å². The Kier molecular flexibility index (Phi) is 4.48. The number of sulfonamides is 1. The van der Waals surface area contributed by atoms with Gasteiger partial charge in [0, 0.05) is 31.2 Å². The van der Waals surface area contributed by atoms with Gasteiger partial charge in [-0.3, -0.25) is 0 Å². The van der Waals surface area contributed by atoms with Crippen LogP contribution in [0.3, 0.4) is 0 Å². The summed E-state index contributed by atoms with van der Waals surface area (Å²) in [5.41, 5.74) is 6.99. The first kappa shape index (κ1) is 14.6. The van der Waals surface area contributed by atoms with E-state index in [1.54, 1.807) is 24.5 Å². The molecular formula is C12H17N5O2S. The minimum atomic E-state index is -3.57. The summed E-state index contributed by atoms with van der Waals surface area (Å²) in [6, 6.07) is 3.25. The van der Waals surface area contributed by atoms with E-state index < -0.39 is 10.0 Å². The van der Waals surface area contributed by atoms with Crippen molar-refractivity contribution in [2.75, 3.05) is 0 Å². The van der Waals surface area contributed by atoms with Gasteiger partial charge < -0.3 is 10.3 Å². The van der Waals surface area contributed by atoms with Crippen LogP contribution in [-0.4, -0.2) is 23.0 Å². The van der Waals surface area contributed by atoms with Crippen molar-refractivity contribution in [1.82, 2.24) is 19.3 Å². The molecule has 0 radical (unpaired) electrons. The lowest BCUT2D eigenvalue weighted by atomic mass is 10.4. The second kappa shape index (κ2) is 6.12. The van der Waals surface area contributed by atoms with E-state index >= 15 is 0 Å². The van der Waals surface area contributed by atoms with E-state index in [1.807, 2.05) is 11.5 Å². The van der Waals surface area contributed by atoms with Crippen LogP contribution in [0.25, 0.3) is 0 Å². The first-order chi connectivity index (χ1) is 9.56. The summed E-state index contributed by atoms with van der Waals surface area (Å²) in [7, 11) is -3.57. The molecule has 3 N–H and O–H groups in total. The van der Waals surface area contributed by atoms with E-state index in [1.165, 1.54) is 6.33 Å². The molecule has 0 spiro atoms. The van der Waals surface area contributed by atoms with Crippen LogP contribution < -0.4 is 10.5 Å². The molecule has 20 heavy (non-hydrogen) atoms. The van der Waals surface area contributed by atoms with Crippen molar-refractivity contribution in [3.05, 3.63) is 42.2 Å². The molecule has 7 nitrogen and oxygen atoms in total. The summed E-state index contributed by atoms with van der Waals surface area (Å²) in [4.78, 5) is 7.96. The zero-order valence-corrected chi connectivity index (χ0v) is 12.0. The van der Waals surface area contributed by atoms with Gasteiger partial charge in [-0.15, -0.1) is 0 Å². The summed E-state index contributed by atoms with van der Waals surface area (Å²) >= 11 is 0. The Morgan fingerprint density at radius 2 is 2.25 bits per heavy atom. The Morgan fingerprint density at radius 3 is 2.80 bits per heavy atom. The Balaban J connectivity index is 2.16. The summed E-state index contributed by atoms with van der Waals surface area (Å²) in [5, 5.41) is 0. The van der Waals surface area contributed by atoms with Gasteiger partial charge in [-0.05, 0) is 19.1 Å². The molecule has 0 saturated carbocycles. The molecule has 108 valence electrons. The second-order valence-corrected chi connectivity index (χ2v) is 5.95. The summed E-state index contributed by atoms with van der Waals surface area (Å²) in [5.74, 6) is 0. The number of nitrogens with two attached hydrogens (primary N) is 1. The highest BCUT2D eigenvalue weighted by atomic mass is 32.2. The number of nitrogens with one attached hydrogen (secondary N) is 1. The predicted molar refractivity (Wildman–Crippen MR) is 74.1 cm³/mol. The average Bonchev–Trinajstić information content (AvgIpc) is 2.90. The third kappa shape index (κ3) is 3.21. The van der Waals surface area contributed by atoms with E-state index in [2.05, 4.69) is 14.7 Å². The topological polar surface area (TPSA) is 103 Å². The first-order valence-corrected chi connectivity index (χ1v) is 7.69. The van der Waals surface area contributed by atoms with Crippen molar-refractivity contribution in [1.29, 1.82) is 0 Å². The normalized spacial score (nSPS) is 11.7. The van der Waals surface area contributed by atoms with E-state index in [9.17, 15) is 8.42 Å². The smallest absolute Gasteiger partial charge is 0.242 e. The molecule has 2 rings (SSSR count). The molecule has 0 saturated heterocycles. The zero-order chi connectivity index (χ0) is 14.6. The molecule has 2 aromatic heterocycles. The molecule has 2 heterocycles. The number of hydrogen-bond donors (Lipinski definition) is 2. The lowest BCUT2D eigenvalue weighted by Gasteiger charge is -2.04. The predicted octanol–water partition coefficient (Wildman–Crippen LogP) is 0.235. The maximum absolute atomic E-state index is 12.2. The fourth-order valence-electron chi connectivity index (χ4n) is 1.81. The van der Waals surface area contributed by atoms with E-state index in [4.69, 9.17) is 5.73 Å². The standard InChI is InChI=1S/C12H17N5O2S/c1-2-17-8-12(5-11(17)6-13)20(18,19)16-7-10-3-4-14-9-15-10/h3-5,8-9,16H,2,6-7,13H2,1H3. The molecule has 0 aliphatic heterocycles. The van der Waals surface area contributed by atoms with Gasteiger partial charge in [0.2, 0.25) is 10.0 Å². The molecular weight excluding hydrogens is 278 g/mol. The van der Waals surface area contributed by atoms with E-state index in [-0.39, 0.29) is 11.4 Å². The van der Waals surface area contributed by atoms with Gasteiger partial charge >= 0.3 is 0 Å². The first-order valence-electron chi connectivity index (χ1n) is 6.20. The lowest BCUT2D eigenvalue weighted by molar-refractivity contribution is 0.580. The average molecular weight is 295 g/mol. The molecule has 0 fully saturated rings.